The van der Waals surface area contributed by atoms with Gasteiger partial charge < -0.3 is 15.0 Å². The number of nitrogens with one attached hydrogen (secondary N) is 1. The first kappa shape index (κ1) is 15.7. The van der Waals surface area contributed by atoms with Crippen molar-refractivity contribution in [3.05, 3.63) is 42.2 Å². The molecule has 1 N–H and O–H groups in total. The smallest absolute Gasteiger partial charge is 0.146 e. The van der Waals surface area contributed by atoms with Gasteiger partial charge in [0.2, 0.25) is 0 Å². The molecule has 0 bridgehead atoms. The second kappa shape index (κ2) is 7.92. The monoisotopic (exact) mass is 266 g/mol. The highest BCUT2D eigenvalue weighted by Gasteiger charge is 2.12. The Morgan fingerprint density at radius 3 is 2.79 bits per heavy atom. The minimum absolute atomic E-state index is 0.135. The maximum Gasteiger partial charge on any atom is 0.146 e. The van der Waals surface area contributed by atoms with Crippen molar-refractivity contribution in [2.45, 2.75) is 13.0 Å². The number of methoxy groups -OCH3 is 1. The molecule has 0 saturated carbocycles. The zero-order chi connectivity index (χ0) is 14.3. The van der Waals surface area contributed by atoms with Crippen LogP contribution in [0.1, 0.15) is 18.5 Å². The van der Waals surface area contributed by atoms with Crippen molar-refractivity contribution in [3.63, 3.8) is 0 Å². The van der Waals surface area contributed by atoms with E-state index >= 15 is 0 Å². The minimum Gasteiger partial charge on any atom is -0.383 e. The number of anilines is 1. The summed E-state index contributed by atoms with van der Waals surface area (Å²) in [6.45, 7) is 7.50. The minimum atomic E-state index is -0.211. The Labute approximate surface area is 115 Å². The van der Waals surface area contributed by atoms with Crippen molar-refractivity contribution < 1.29 is 9.13 Å². The van der Waals surface area contributed by atoms with Crippen LogP contribution >= 0.6 is 0 Å². The van der Waals surface area contributed by atoms with Gasteiger partial charge in [-0.2, -0.15) is 0 Å². The standard InChI is InChI=1S/C15H23FN2O/c1-5-8-18(9-10-19-4)15-7-6-13(11-14(15)16)12(2)17-3/h5-7,11-12,17H,1,8-10H2,2-4H3. The average molecular weight is 266 g/mol. The molecule has 0 aliphatic heterocycles. The molecule has 19 heavy (non-hydrogen) atoms. The summed E-state index contributed by atoms with van der Waals surface area (Å²) in [4.78, 5) is 1.92. The van der Waals surface area contributed by atoms with Crippen LogP contribution < -0.4 is 10.2 Å². The van der Waals surface area contributed by atoms with E-state index in [1.54, 1.807) is 19.3 Å². The molecule has 0 aliphatic carbocycles. The molecule has 1 aromatic rings. The quantitative estimate of drug-likeness (QED) is 0.732. The second-order valence-electron chi connectivity index (χ2n) is 4.45. The Balaban J connectivity index is 2.93. The number of benzene rings is 1. The molecule has 0 radical (unpaired) electrons. The summed E-state index contributed by atoms with van der Waals surface area (Å²) in [5.74, 6) is -0.211. The highest BCUT2D eigenvalue weighted by Crippen LogP contribution is 2.23. The first-order valence-electron chi connectivity index (χ1n) is 6.45. The van der Waals surface area contributed by atoms with Crippen molar-refractivity contribution in [2.24, 2.45) is 0 Å². The maximum atomic E-state index is 14.2. The predicted octanol–water partition coefficient (Wildman–Crippen LogP) is 2.74. The summed E-state index contributed by atoms with van der Waals surface area (Å²) in [5, 5.41) is 3.10. The lowest BCUT2D eigenvalue weighted by Gasteiger charge is -2.24. The number of halogens is 1. The number of rotatable bonds is 8. The van der Waals surface area contributed by atoms with E-state index < -0.39 is 0 Å². The summed E-state index contributed by atoms with van der Waals surface area (Å²) in [6.07, 6.45) is 1.76. The SMILES string of the molecule is C=CCN(CCOC)c1ccc(C(C)NC)cc1F. The van der Waals surface area contributed by atoms with E-state index in [2.05, 4.69) is 11.9 Å². The van der Waals surface area contributed by atoms with E-state index in [-0.39, 0.29) is 11.9 Å². The molecular weight excluding hydrogens is 243 g/mol. The molecule has 1 rings (SSSR count). The largest absolute Gasteiger partial charge is 0.383 e. The van der Waals surface area contributed by atoms with Crippen molar-refractivity contribution in [3.8, 4) is 0 Å². The van der Waals surface area contributed by atoms with Crippen LogP contribution in [-0.4, -0.2) is 33.9 Å². The van der Waals surface area contributed by atoms with Gasteiger partial charge in [0.1, 0.15) is 5.82 Å². The topological polar surface area (TPSA) is 24.5 Å². The number of hydrogen-bond acceptors (Lipinski definition) is 3. The van der Waals surface area contributed by atoms with Crippen LogP contribution in [0.25, 0.3) is 0 Å². The fourth-order valence-corrected chi connectivity index (χ4v) is 1.88. The molecule has 0 fully saturated rings. The van der Waals surface area contributed by atoms with Crippen molar-refractivity contribution in [1.82, 2.24) is 5.32 Å². The van der Waals surface area contributed by atoms with Crippen molar-refractivity contribution in [2.75, 3.05) is 38.8 Å². The second-order valence-corrected chi connectivity index (χ2v) is 4.45. The third kappa shape index (κ3) is 4.33. The molecule has 4 heteroatoms. The fraction of sp³-hybridized carbons (Fsp3) is 0.467. The first-order chi connectivity index (χ1) is 9.13. The molecule has 1 unspecified atom stereocenters. The van der Waals surface area contributed by atoms with E-state index in [4.69, 9.17) is 4.74 Å². The van der Waals surface area contributed by atoms with E-state index in [0.717, 1.165) is 5.56 Å². The Morgan fingerprint density at radius 1 is 1.53 bits per heavy atom. The van der Waals surface area contributed by atoms with Crippen LogP contribution in [0.2, 0.25) is 0 Å². The predicted molar refractivity (Wildman–Crippen MR) is 78.2 cm³/mol. The summed E-state index contributed by atoms with van der Waals surface area (Å²) in [7, 11) is 3.50. The van der Waals surface area contributed by atoms with Crippen LogP contribution in [0, 0.1) is 5.82 Å². The molecule has 0 spiro atoms. The maximum absolute atomic E-state index is 14.2. The fourth-order valence-electron chi connectivity index (χ4n) is 1.88. The van der Waals surface area contributed by atoms with Crippen LogP contribution in [0.5, 0.6) is 0 Å². The summed E-state index contributed by atoms with van der Waals surface area (Å²) >= 11 is 0. The van der Waals surface area contributed by atoms with Gasteiger partial charge in [-0.3, -0.25) is 0 Å². The first-order valence-corrected chi connectivity index (χ1v) is 6.45. The molecule has 0 saturated heterocycles. The highest BCUT2D eigenvalue weighted by atomic mass is 19.1. The Bertz CT molecular complexity index is 409. The molecule has 1 aromatic carbocycles. The van der Waals surface area contributed by atoms with E-state index in [1.165, 1.54) is 0 Å². The molecule has 0 heterocycles. The van der Waals surface area contributed by atoms with Crippen LogP contribution in [0.4, 0.5) is 10.1 Å². The zero-order valence-corrected chi connectivity index (χ0v) is 11.9. The van der Waals surface area contributed by atoms with E-state index in [9.17, 15) is 4.39 Å². The lowest BCUT2D eigenvalue weighted by Crippen LogP contribution is -2.28. The average Bonchev–Trinajstić information content (AvgIpc) is 2.42. The Morgan fingerprint density at radius 2 is 2.26 bits per heavy atom. The van der Waals surface area contributed by atoms with Crippen LogP contribution in [-0.2, 0) is 4.74 Å². The van der Waals surface area contributed by atoms with Gasteiger partial charge in [0.15, 0.2) is 0 Å². The van der Waals surface area contributed by atoms with E-state index in [0.29, 0.717) is 25.4 Å². The zero-order valence-electron chi connectivity index (χ0n) is 11.9. The van der Waals surface area contributed by atoms with Gasteiger partial charge in [0.25, 0.3) is 0 Å². The van der Waals surface area contributed by atoms with Crippen LogP contribution in [0.3, 0.4) is 0 Å². The van der Waals surface area contributed by atoms with Gasteiger partial charge in [-0.1, -0.05) is 12.1 Å². The van der Waals surface area contributed by atoms with Gasteiger partial charge in [0, 0.05) is 26.2 Å². The highest BCUT2D eigenvalue weighted by molar-refractivity contribution is 5.50. The molecule has 0 amide bonds. The molecular formula is C15H23FN2O. The molecule has 1 atom stereocenters. The van der Waals surface area contributed by atoms with Crippen LogP contribution in [0.15, 0.2) is 30.9 Å². The van der Waals surface area contributed by atoms with E-state index in [1.807, 2.05) is 31.0 Å². The van der Waals surface area contributed by atoms with Gasteiger partial charge >= 0.3 is 0 Å². The van der Waals surface area contributed by atoms with Gasteiger partial charge in [-0.05, 0) is 31.7 Å². The number of ether oxygens (including phenoxy) is 1. The Kier molecular flexibility index (Phi) is 6.53. The van der Waals surface area contributed by atoms with Crippen molar-refractivity contribution in [1.29, 1.82) is 0 Å². The van der Waals surface area contributed by atoms with Gasteiger partial charge in [-0.25, -0.2) is 4.39 Å². The van der Waals surface area contributed by atoms with Gasteiger partial charge in [0.05, 0.1) is 12.3 Å². The lowest BCUT2D eigenvalue weighted by molar-refractivity contribution is 0.205. The molecule has 0 aliphatic rings. The lowest BCUT2D eigenvalue weighted by atomic mass is 10.1. The summed E-state index contributed by atoms with van der Waals surface area (Å²) in [6, 6.07) is 5.48. The summed E-state index contributed by atoms with van der Waals surface area (Å²) < 4.78 is 19.3. The molecule has 3 nitrogen and oxygen atoms in total. The summed E-state index contributed by atoms with van der Waals surface area (Å²) in [5.41, 5.74) is 1.53. The third-order valence-electron chi connectivity index (χ3n) is 3.16. The molecule has 0 aromatic heterocycles. The number of nitrogens with zero attached hydrogens (tertiary/aromatic N) is 1. The van der Waals surface area contributed by atoms with Crippen molar-refractivity contribution >= 4 is 5.69 Å². The number of hydrogen-bond donors (Lipinski definition) is 1. The Hall–Kier alpha value is -1.39. The molecule has 106 valence electrons. The normalized spacial score (nSPS) is 12.2. The third-order valence-corrected chi connectivity index (χ3v) is 3.16. The van der Waals surface area contributed by atoms with Gasteiger partial charge in [-0.15, -0.1) is 6.58 Å².